The van der Waals surface area contributed by atoms with Gasteiger partial charge in [0.2, 0.25) is 0 Å². The molecule has 0 saturated carbocycles. The molecule has 3 heterocycles. The fourth-order valence-electron chi connectivity index (χ4n) is 3.45. The summed E-state index contributed by atoms with van der Waals surface area (Å²) in [6.45, 7) is 1.15. The van der Waals surface area contributed by atoms with Gasteiger partial charge in [-0.2, -0.15) is 10.3 Å². The van der Waals surface area contributed by atoms with Crippen LogP contribution in [0.4, 0.5) is 0 Å². The second-order valence-corrected chi connectivity index (χ2v) is 6.62. The maximum atomic E-state index is 4.74. The molecule has 0 saturated heterocycles. The third-order valence-corrected chi connectivity index (χ3v) is 4.75. The summed E-state index contributed by atoms with van der Waals surface area (Å²) in [4.78, 5) is 4.74. The average Bonchev–Trinajstić information content (AvgIpc) is 3.52. The van der Waals surface area contributed by atoms with Crippen molar-refractivity contribution in [3.05, 3.63) is 90.8 Å². The summed E-state index contributed by atoms with van der Waals surface area (Å²) in [6, 6.07) is 20.4. The SMILES string of the molecule is c1ccc(-c2ncn(Cc3nn[nH]n3)c2-c2ccccc2Cn2cccn2)cc1. The van der Waals surface area contributed by atoms with Crippen LogP contribution in [0.15, 0.2) is 79.4 Å². The normalized spacial score (nSPS) is 11.0. The maximum Gasteiger partial charge on any atom is 0.194 e. The minimum absolute atomic E-state index is 0.474. The Bertz CT molecular complexity index is 1190. The highest BCUT2D eigenvalue weighted by atomic mass is 15.5. The lowest BCUT2D eigenvalue weighted by Crippen LogP contribution is -2.06. The minimum Gasteiger partial charge on any atom is -0.322 e. The monoisotopic (exact) mass is 382 g/mol. The largest absolute Gasteiger partial charge is 0.322 e. The number of hydrogen-bond acceptors (Lipinski definition) is 5. The van der Waals surface area contributed by atoms with Crippen molar-refractivity contribution in [2.75, 3.05) is 0 Å². The van der Waals surface area contributed by atoms with Gasteiger partial charge in [-0.25, -0.2) is 4.98 Å². The zero-order chi connectivity index (χ0) is 19.5. The van der Waals surface area contributed by atoms with Gasteiger partial charge in [0.15, 0.2) is 5.82 Å². The topological polar surface area (TPSA) is 90.1 Å². The van der Waals surface area contributed by atoms with Crippen molar-refractivity contribution in [1.29, 1.82) is 0 Å². The highest BCUT2D eigenvalue weighted by molar-refractivity contribution is 5.80. The van der Waals surface area contributed by atoms with Crippen molar-refractivity contribution >= 4 is 0 Å². The van der Waals surface area contributed by atoms with E-state index in [-0.39, 0.29) is 0 Å². The van der Waals surface area contributed by atoms with E-state index in [0.29, 0.717) is 18.9 Å². The lowest BCUT2D eigenvalue weighted by atomic mass is 9.99. The van der Waals surface area contributed by atoms with Crippen LogP contribution in [-0.2, 0) is 13.1 Å². The molecular formula is C21H18N8. The van der Waals surface area contributed by atoms with Gasteiger partial charge in [-0.05, 0) is 11.6 Å². The highest BCUT2D eigenvalue weighted by Crippen LogP contribution is 2.33. The Labute approximate surface area is 166 Å². The molecule has 5 aromatic rings. The number of benzene rings is 2. The Hall–Kier alpha value is -4.07. The van der Waals surface area contributed by atoms with Crippen molar-refractivity contribution in [1.82, 2.24) is 40.0 Å². The molecule has 0 unspecified atom stereocenters. The molecule has 0 atom stereocenters. The predicted octanol–water partition coefficient (Wildman–Crippen LogP) is 3.02. The van der Waals surface area contributed by atoms with Crippen LogP contribution in [-0.4, -0.2) is 40.0 Å². The summed E-state index contributed by atoms with van der Waals surface area (Å²) in [6.07, 6.45) is 5.59. The van der Waals surface area contributed by atoms with Crippen LogP contribution in [0.25, 0.3) is 22.5 Å². The number of nitrogens with one attached hydrogen (secondary N) is 1. The van der Waals surface area contributed by atoms with Gasteiger partial charge in [-0.3, -0.25) is 4.68 Å². The molecule has 3 aromatic heterocycles. The molecule has 5 rings (SSSR count). The van der Waals surface area contributed by atoms with E-state index in [9.17, 15) is 0 Å². The summed E-state index contributed by atoms with van der Waals surface area (Å²) < 4.78 is 3.98. The fraction of sp³-hybridized carbons (Fsp3) is 0.0952. The van der Waals surface area contributed by atoms with Gasteiger partial charge in [0.1, 0.15) is 0 Å². The summed E-state index contributed by atoms with van der Waals surface area (Å²) in [7, 11) is 0. The zero-order valence-electron chi connectivity index (χ0n) is 15.6. The van der Waals surface area contributed by atoms with E-state index in [0.717, 1.165) is 28.1 Å². The van der Waals surface area contributed by atoms with Crippen LogP contribution in [0.5, 0.6) is 0 Å². The molecule has 142 valence electrons. The van der Waals surface area contributed by atoms with Crippen molar-refractivity contribution in [2.45, 2.75) is 13.1 Å². The smallest absolute Gasteiger partial charge is 0.194 e. The van der Waals surface area contributed by atoms with Crippen molar-refractivity contribution in [3.8, 4) is 22.5 Å². The average molecular weight is 382 g/mol. The first kappa shape index (κ1) is 17.1. The first-order valence-electron chi connectivity index (χ1n) is 9.27. The molecule has 2 aromatic carbocycles. The number of aromatic amines is 1. The summed E-state index contributed by atoms with van der Waals surface area (Å²) in [5, 5.41) is 18.7. The van der Waals surface area contributed by atoms with Crippen LogP contribution in [0, 0.1) is 0 Å². The van der Waals surface area contributed by atoms with Crippen molar-refractivity contribution in [2.24, 2.45) is 0 Å². The molecule has 0 bridgehead atoms. The summed E-state index contributed by atoms with van der Waals surface area (Å²) in [5.41, 5.74) is 5.25. The Kier molecular flexibility index (Phi) is 4.42. The van der Waals surface area contributed by atoms with E-state index in [1.807, 2.05) is 53.6 Å². The lowest BCUT2D eigenvalue weighted by molar-refractivity contribution is 0.686. The molecular weight excluding hydrogens is 364 g/mol. The quantitative estimate of drug-likeness (QED) is 0.487. The molecule has 0 fully saturated rings. The second kappa shape index (κ2) is 7.51. The molecule has 0 radical (unpaired) electrons. The van der Waals surface area contributed by atoms with Crippen LogP contribution in [0.2, 0.25) is 0 Å². The number of rotatable bonds is 6. The molecule has 0 amide bonds. The Morgan fingerprint density at radius 1 is 0.897 bits per heavy atom. The van der Waals surface area contributed by atoms with Crippen LogP contribution in [0.3, 0.4) is 0 Å². The molecule has 0 aliphatic carbocycles. The van der Waals surface area contributed by atoms with Gasteiger partial charge in [0.25, 0.3) is 0 Å². The highest BCUT2D eigenvalue weighted by Gasteiger charge is 2.19. The third-order valence-electron chi connectivity index (χ3n) is 4.75. The van der Waals surface area contributed by atoms with E-state index in [1.165, 1.54) is 0 Å². The van der Waals surface area contributed by atoms with Crippen LogP contribution in [0.1, 0.15) is 11.4 Å². The van der Waals surface area contributed by atoms with Gasteiger partial charge in [-0.15, -0.1) is 10.2 Å². The summed E-state index contributed by atoms with van der Waals surface area (Å²) in [5.74, 6) is 0.604. The van der Waals surface area contributed by atoms with E-state index in [1.54, 1.807) is 6.20 Å². The molecule has 29 heavy (non-hydrogen) atoms. The third kappa shape index (κ3) is 3.43. The van der Waals surface area contributed by atoms with E-state index < -0.39 is 0 Å². The number of aromatic nitrogens is 8. The fourth-order valence-corrected chi connectivity index (χ4v) is 3.45. The Morgan fingerprint density at radius 2 is 1.76 bits per heavy atom. The van der Waals surface area contributed by atoms with E-state index in [4.69, 9.17) is 4.98 Å². The second-order valence-electron chi connectivity index (χ2n) is 6.62. The molecule has 0 aliphatic heterocycles. The minimum atomic E-state index is 0.474. The molecule has 0 aliphatic rings. The van der Waals surface area contributed by atoms with Crippen LogP contribution >= 0.6 is 0 Å². The first-order chi connectivity index (χ1) is 14.4. The number of imidazole rings is 1. The van der Waals surface area contributed by atoms with Crippen molar-refractivity contribution < 1.29 is 0 Å². The Morgan fingerprint density at radius 3 is 2.55 bits per heavy atom. The van der Waals surface area contributed by atoms with Gasteiger partial charge in [0, 0.05) is 23.5 Å². The van der Waals surface area contributed by atoms with E-state index >= 15 is 0 Å². The Balaban J connectivity index is 1.66. The molecule has 0 spiro atoms. The molecule has 1 N–H and O–H groups in total. The van der Waals surface area contributed by atoms with Crippen LogP contribution < -0.4 is 0 Å². The van der Waals surface area contributed by atoms with Gasteiger partial charge in [-0.1, -0.05) is 59.8 Å². The number of H-pyrrole nitrogens is 1. The first-order valence-corrected chi connectivity index (χ1v) is 9.27. The molecule has 8 heteroatoms. The predicted molar refractivity (Wildman–Crippen MR) is 108 cm³/mol. The van der Waals surface area contributed by atoms with Gasteiger partial charge < -0.3 is 4.57 Å². The molecule has 8 nitrogen and oxygen atoms in total. The number of nitrogens with zero attached hydrogens (tertiary/aromatic N) is 7. The maximum absolute atomic E-state index is 4.74. The number of hydrogen-bond donors (Lipinski definition) is 1. The van der Waals surface area contributed by atoms with E-state index in [2.05, 4.69) is 54.6 Å². The summed E-state index contributed by atoms with van der Waals surface area (Å²) >= 11 is 0. The lowest BCUT2D eigenvalue weighted by Gasteiger charge is -2.14. The van der Waals surface area contributed by atoms with Gasteiger partial charge in [0.05, 0.1) is 30.8 Å². The van der Waals surface area contributed by atoms with Gasteiger partial charge >= 0.3 is 0 Å². The number of tetrazole rings is 1. The standard InChI is InChI=1S/C21H18N8/c1-2-7-16(8-3-1)20-21(28(15-22-20)14-19-24-26-27-25-19)18-10-5-4-9-17(18)13-29-12-6-11-23-29/h1-12,15H,13-14H2,(H,24,25,26,27). The zero-order valence-corrected chi connectivity index (χ0v) is 15.6. The van der Waals surface area contributed by atoms with Crippen molar-refractivity contribution in [3.63, 3.8) is 0 Å².